The number of benzene rings is 3. The van der Waals surface area contributed by atoms with Crippen molar-refractivity contribution in [3.8, 4) is 17.2 Å². The lowest BCUT2D eigenvalue weighted by Gasteiger charge is -2.29. The number of para-hydroxylation sites is 2. The number of methoxy groups -OCH3 is 2. The van der Waals surface area contributed by atoms with Gasteiger partial charge >= 0.3 is 0 Å². The molecule has 5 rings (SSSR count). The fourth-order valence-electron chi connectivity index (χ4n) is 4.42. The molecule has 1 amide bonds. The lowest BCUT2D eigenvalue weighted by molar-refractivity contribution is -0.113. The maximum absolute atomic E-state index is 14.2. The molecule has 39 heavy (non-hydrogen) atoms. The SMILES string of the molecule is COc1ccccc1NC(=O)C1=C(C)Nc2ncnn2[C@@H]1c1ccc(OCc2c(F)cccc2Cl)c(OC)c1. The number of anilines is 2. The van der Waals surface area contributed by atoms with Crippen LogP contribution in [-0.2, 0) is 11.4 Å². The van der Waals surface area contributed by atoms with Gasteiger partial charge in [0.2, 0.25) is 5.95 Å². The smallest absolute Gasteiger partial charge is 0.255 e. The van der Waals surface area contributed by atoms with Crippen molar-refractivity contribution in [3.63, 3.8) is 0 Å². The number of hydrogen-bond donors (Lipinski definition) is 2. The number of allylic oxidation sites excluding steroid dienone is 1. The van der Waals surface area contributed by atoms with Gasteiger partial charge in [0.1, 0.15) is 30.5 Å². The standard InChI is InChI=1S/C28H25ClFN5O4/c1-16-25(27(36)34-21-9-4-5-10-22(21)37-2)26(35-28(33-16)31-15-32-35)17-11-12-23(24(13-17)38-3)39-14-18-19(29)7-6-8-20(18)30/h4-13,15,26H,14H2,1-3H3,(H,34,36)(H,31,32,33)/t26-/m1/s1. The number of carbonyl (C=O) groups excluding carboxylic acids is 1. The Morgan fingerprint density at radius 1 is 1.08 bits per heavy atom. The number of carbonyl (C=O) groups is 1. The first-order valence-corrected chi connectivity index (χ1v) is 12.3. The average Bonchev–Trinajstić information content (AvgIpc) is 3.40. The van der Waals surface area contributed by atoms with Gasteiger partial charge in [-0.1, -0.05) is 35.9 Å². The van der Waals surface area contributed by atoms with Crippen LogP contribution >= 0.6 is 11.6 Å². The third-order valence-electron chi connectivity index (χ3n) is 6.33. The molecule has 0 aliphatic carbocycles. The molecule has 0 saturated heterocycles. The summed E-state index contributed by atoms with van der Waals surface area (Å²) < 4.78 is 32.7. The van der Waals surface area contributed by atoms with Crippen molar-refractivity contribution in [1.29, 1.82) is 0 Å². The molecule has 2 N–H and O–H groups in total. The quantitative estimate of drug-likeness (QED) is 0.295. The predicted molar refractivity (Wildman–Crippen MR) is 145 cm³/mol. The Kier molecular flexibility index (Phi) is 7.38. The van der Waals surface area contributed by atoms with Crippen LogP contribution in [0.3, 0.4) is 0 Å². The van der Waals surface area contributed by atoms with Crippen LogP contribution in [0.1, 0.15) is 24.1 Å². The molecule has 9 nitrogen and oxygen atoms in total. The number of aromatic nitrogens is 3. The molecule has 0 unspecified atom stereocenters. The summed E-state index contributed by atoms with van der Waals surface area (Å²) in [4.78, 5) is 18.0. The van der Waals surface area contributed by atoms with E-state index in [1.165, 1.54) is 32.7 Å². The van der Waals surface area contributed by atoms with Crippen molar-refractivity contribution < 1.29 is 23.4 Å². The van der Waals surface area contributed by atoms with Gasteiger partial charge in [0, 0.05) is 11.3 Å². The summed E-state index contributed by atoms with van der Waals surface area (Å²) in [6, 6.07) is 16.2. The van der Waals surface area contributed by atoms with Crippen molar-refractivity contribution in [2.24, 2.45) is 0 Å². The number of nitrogens with zero attached hydrogens (tertiary/aromatic N) is 3. The van der Waals surface area contributed by atoms with Gasteiger partial charge in [-0.15, -0.1) is 0 Å². The molecule has 11 heteroatoms. The van der Waals surface area contributed by atoms with E-state index in [0.717, 1.165) is 0 Å². The number of amides is 1. The highest BCUT2D eigenvalue weighted by Crippen LogP contribution is 2.39. The van der Waals surface area contributed by atoms with E-state index in [0.29, 0.717) is 45.7 Å². The molecule has 1 atom stereocenters. The first-order chi connectivity index (χ1) is 18.9. The number of ether oxygens (including phenoxy) is 3. The van der Waals surface area contributed by atoms with E-state index in [1.807, 2.05) is 12.1 Å². The number of halogens is 2. The molecular weight excluding hydrogens is 525 g/mol. The maximum Gasteiger partial charge on any atom is 0.255 e. The maximum atomic E-state index is 14.2. The van der Waals surface area contributed by atoms with Crippen LogP contribution in [0, 0.1) is 5.82 Å². The van der Waals surface area contributed by atoms with Crippen molar-refractivity contribution >= 4 is 29.1 Å². The predicted octanol–water partition coefficient (Wildman–Crippen LogP) is 5.59. The molecule has 2 heterocycles. The van der Waals surface area contributed by atoms with E-state index in [4.69, 9.17) is 25.8 Å². The Labute approximate surface area is 229 Å². The third kappa shape index (κ3) is 5.10. The molecule has 4 aromatic rings. The zero-order valence-corrected chi connectivity index (χ0v) is 22.1. The van der Waals surface area contributed by atoms with E-state index in [-0.39, 0.29) is 23.1 Å². The van der Waals surface area contributed by atoms with Gasteiger partial charge in [-0.3, -0.25) is 4.79 Å². The van der Waals surface area contributed by atoms with Gasteiger partial charge in [0.15, 0.2) is 11.5 Å². The fraction of sp³-hybridized carbons (Fsp3) is 0.179. The molecule has 1 aromatic heterocycles. The van der Waals surface area contributed by atoms with E-state index in [1.54, 1.807) is 48.0 Å². The van der Waals surface area contributed by atoms with Gasteiger partial charge in [0.05, 0.1) is 30.5 Å². The number of rotatable bonds is 8. The Bertz CT molecular complexity index is 1550. The molecule has 0 saturated carbocycles. The van der Waals surface area contributed by atoms with Crippen LogP contribution in [-0.4, -0.2) is 34.9 Å². The second-order valence-corrected chi connectivity index (χ2v) is 9.06. The van der Waals surface area contributed by atoms with Gasteiger partial charge in [-0.2, -0.15) is 10.1 Å². The van der Waals surface area contributed by atoms with E-state index >= 15 is 0 Å². The lowest BCUT2D eigenvalue weighted by Crippen LogP contribution is -2.31. The summed E-state index contributed by atoms with van der Waals surface area (Å²) in [7, 11) is 3.04. The van der Waals surface area contributed by atoms with E-state index in [2.05, 4.69) is 20.7 Å². The van der Waals surface area contributed by atoms with Crippen LogP contribution in [0.4, 0.5) is 16.0 Å². The highest BCUT2D eigenvalue weighted by molar-refractivity contribution is 6.31. The van der Waals surface area contributed by atoms with E-state index < -0.39 is 11.9 Å². The Morgan fingerprint density at radius 2 is 1.87 bits per heavy atom. The molecule has 1 aliphatic rings. The summed E-state index contributed by atoms with van der Waals surface area (Å²) in [6.07, 6.45) is 1.41. The number of hydrogen-bond acceptors (Lipinski definition) is 7. The van der Waals surface area contributed by atoms with Crippen molar-refractivity contribution in [3.05, 3.63) is 100 Å². The monoisotopic (exact) mass is 549 g/mol. The van der Waals surface area contributed by atoms with Gasteiger partial charge < -0.3 is 24.8 Å². The first-order valence-electron chi connectivity index (χ1n) is 12.0. The van der Waals surface area contributed by atoms with Gasteiger partial charge in [-0.25, -0.2) is 9.07 Å². The van der Waals surface area contributed by atoms with Crippen molar-refractivity contribution in [1.82, 2.24) is 14.8 Å². The molecular formula is C28H25ClFN5O4. The topological polar surface area (TPSA) is 99.5 Å². The third-order valence-corrected chi connectivity index (χ3v) is 6.69. The summed E-state index contributed by atoms with van der Waals surface area (Å²) >= 11 is 6.15. The lowest BCUT2D eigenvalue weighted by atomic mass is 9.94. The average molecular weight is 550 g/mol. The van der Waals surface area contributed by atoms with Crippen LogP contribution in [0.5, 0.6) is 17.2 Å². The number of nitrogens with one attached hydrogen (secondary N) is 2. The van der Waals surface area contributed by atoms with Crippen LogP contribution < -0.4 is 24.8 Å². The minimum Gasteiger partial charge on any atom is -0.495 e. The van der Waals surface area contributed by atoms with Crippen LogP contribution in [0.2, 0.25) is 5.02 Å². The van der Waals surface area contributed by atoms with E-state index in [9.17, 15) is 9.18 Å². The second-order valence-electron chi connectivity index (χ2n) is 8.65. The zero-order valence-electron chi connectivity index (χ0n) is 21.4. The first kappa shape index (κ1) is 26.1. The highest BCUT2D eigenvalue weighted by atomic mass is 35.5. The van der Waals surface area contributed by atoms with Crippen LogP contribution in [0.15, 0.2) is 78.3 Å². The minimum absolute atomic E-state index is 0.0899. The minimum atomic E-state index is -0.637. The second kappa shape index (κ2) is 11.0. The van der Waals surface area contributed by atoms with Gasteiger partial charge in [-0.05, 0) is 48.9 Å². The van der Waals surface area contributed by atoms with Crippen LogP contribution in [0.25, 0.3) is 0 Å². The molecule has 200 valence electrons. The fourth-order valence-corrected chi connectivity index (χ4v) is 4.64. The molecule has 0 radical (unpaired) electrons. The Hall–Kier alpha value is -4.57. The molecule has 0 fully saturated rings. The summed E-state index contributed by atoms with van der Waals surface area (Å²) in [5.41, 5.74) is 2.50. The zero-order chi connectivity index (χ0) is 27.5. The Morgan fingerprint density at radius 3 is 2.64 bits per heavy atom. The van der Waals surface area contributed by atoms with Crippen molar-refractivity contribution in [2.45, 2.75) is 19.6 Å². The molecule has 3 aromatic carbocycles. The van der Waals surface area contributed by atoms with Gasteiger partial charge in [0.25, 0.3) is 5.91 Å². The van der Waals surface area contributed by atoms with Crippen molar-refractivity contribution in [2.75, 3.05) is 24.9 Å². The Balaban J connectivity index is 1.49. The number of fused-ring (bicyclic) bond motifs is 1. The normalized spacial score (nSPS) is 14.3. The molecule has 0 spiro atoms. The highest BCUT2D eigenvalue weighted by Gasteiger charge is 2.34. The summed E-state index contributed by atoms with van der Waals surface area (Å²) in [6.45, 7) is 1.71. The molecule has 0 bridgehead atoms. The summed E-state index contributed by atoms with van der Waals surface area (Å²) in [5.74, 6) is 0.988. The molecule has 1 aliphatic heterocycles. The summed E-state index contributed by atoms with van der Waals surface area (Å²) in [5, 5.41) is 10.7. The largest absolute Gasteiger partial charge is 0.495 e.